The van der Waals surface area contributed by atoms with Gasteiger partial charge in [0.15, 0.2) is 0 Å². The zero-order valence-electron chi connectivity index (χ0n) is 20.1. The molecule has 1 N–H and O–H groups in total. The van der Waals surface area contributed by atoms with Gasteiger partial charge >= 0.3 is 0 Å². The van der Waals surface area contributed by atoms with E-state index in [4.69, 9.17) is 4.74 Å². The Morgan fingerprint density at radius 3 is 2.09 bits per heavy atom. The van der Waals surface area contributed by atoms with Crippen LogP contribution in [0.25, 0.3) is 11.1 Å². The average Bonchev–Trinajstić information content (AvgIpc) is 2.81. The maximum Gasteiger partial charge on any atom is 0.118 e. The lowest BCUT2D eigenvalue weighted by atomic mass is 9.77. The number of hydrogen-bond acceptors (Lipinski definition) is 2. The highest BCUT2D eigenvalue weighted by molar-refractivity contribution is 5.67. The van der Waals surface area contributed by atoms with Gasteiger partial charge in [-0.1, -0.05) is 74.0 Å². The number of methoxy groups -OCH3 is 1. The molecule has 3 aromatic carbocycles. The lowest BCUT2D eigenvalue weighted by Gasteiger charge is -2.33. The summed E-state index contributed by atoms with van der Waals surface area (Å²) in [4.78, 5) is 0. The van der Waals surface area contributed by atoms with Crippen LogP contribution in [0.5, 0.6) is 5.75 Å². The van der Waals surface area contributed by atoms with Gasteiger partial charge in [0.2, 0.25) is 0 Å². The van der Waals surface area contributed by atoms with Crippen molar-refractivity contribution in [2.24, 2.45) is 0 Å². The van der Waals surface area contributed by atoms with Crippen LogP contribution in [0.2, 0.25) is 0 Å². The van der Waals surface area contributed by atoms with E-state index in [1.165, 1.54) is 40.7 Å². The minimum Gasteiger partial charge on any atom is -0.497 e. The first kappa shape index (κ1) is 24.1. The lowest BCUT2D eigenvalue weighted by Crippen LogP contribution is -2.29. The Balaban J connectivity index is 0.000000181. The molecule has 3 aromatic rings. The Hall–Kier alpha value is -2.58. The van der Waals surface area contributed by atoms with Crippen molar-refractivity contribution in [1.29, 1.82) is 0 Å². The molecule has 1 aliphatic carbocycles. The summed E-state index contributed by atoms with van der Waals surface area (Å²) >= 11 is 0. The first-order chi connectivity index (χ1) is 15.4. The molecule has 1 fully saturated rings. The predicted molar refractivity (Wildman–Crippen MR) is 135 cm³/mol. The summed E-state index contributed by atoms with van der Waals surface area (Å²) in [5.41, 5.74) is 6.36. The third-order valence-corrected chi connectivity index (χ3v) is 6.60. The maximum atomic E-state index is 9.90. The number of ether oxygens (including phenoxy) is 1. The molecule has 0 radical (unpaired) electrons. The summed E-state index contributed by atoms with van der Waals surface area (Å²) in [6.45, 7) is 6.32. The molecule has 170 valence electrons. The third-order valence-electron chi connectivity index (χ3n) is 6.60. The zero-order valence-corrected chi connectivity index (χ0v) is 20.1. The monoisotopic (exact) mass is 430 g/mol. The highest BCUT2D eigenvalue weighted by Crippen LogP contribution is 2.38. The molecule has 1 saturated carbocycles. The van der Waals surface area contributed by atoms with Crippen molar-refractivity contribution in [3.63, 3.8) is 0 Å². The van der Waals surface area contributed by atoms with Crippen LogP contribution in [0.1, 0.15) is 68.6 Å². The molecule has 0 amide bonds. The summed E-state index contributed by atoms with van der Waals surface area (Å²) in [6, 6.07) is 25.8. The van der Waals surface area contributed by atoms with Crippen LogP contribution in [0, 0.1) is 6.92 Å². The van der Waals surface area contributed by atoms with Crippen LogP contribution < -0.4 is 4.74 Å². The molecule has 0 aromatic heterocycles. The number of aliphatic hydroxyl groups is 1. The Bertz CT molecular complexity index is 945. The van der Waals surface area contributed by atoms with Crippen molar-refractivity contribution < 1.29 is 9.84 Å². The van der Waals surface area contributed by atoms with Crippen molar-refractivity contribution in [3.8, 4) is 16.9 Å². The van der Waals surface area contributed by atoms with Crippen LogP contribution in [-0.4, -0.2) is 17.8 Å². The molecule has 0 saturated heterocycles. The van der Waals surface area contributed by atoms with Gasteiger partial charge in [-0.15, -0.1) is 0 Å². The Morgan fingerprint density at radius 2 is 1.53 bits per heavy atom. The average molecular weight is 431 g/mol. The Morgan fingerprint density at radius 1 is 0.906 bits per heavy atom. The van der Waals surface area contributed by atoms with E-state index in [9.17, 15) is 5.11 Å². The van der Waals surface area contributed by atoms with Crippen LogP contribution in [-0.2, 0) is 6.42 Å². The van der Waals surface area contributed by atoms with E-state index in [0.29, 0.717) is 5.92 Å². The fourth-order valence-electron chi connectivity index (χ4n) is 4.49. The maximum absolute atomic E-state index is 9.90. The lowest BCUT2D eigenvalue weighted by molar-refractivity contribution is 0.0172. The van der Waals surface area contributed by atoms with Gasteiger partial charge in [0.05, 0.1) is 12.7 Å². The first-order valence-corrected chi connectivity index (χ1v) is 11.9. The highest BCUT2D eigenvalue weighted by Gasteiger charge is 2.29. The van der Waals surface area contributed by atoms with Crippen molar-refractivity contribution in [2.45, 2.75) is 70.8 Å². The normalized spacial score (nSPS) is 20.2. The van der Waals surface area contributed by atoms with Gasteiger partial charge in [-0.05, 0) is 91.8 Å². The minimum atomic E-state index is -0.441. The fraction of sp³-hybridized carbons (Fsp3) is 0.400. The molecular formula is C30H38O2. The second-order valence-corrected chi connectivity index (χ2v) is 9.31. The molecule has 0 spiro atoms. The van der Waals surface area contributed by atoms with E-state index in [-0.39, 0.29) is 0 Å². The van der Waals surface area contributed by atoms with E-state index >= 15 is 0 Å². The molecule has 1 aliphatic rings. The van der Waals surface area contributed by atoms with E-state index < -0.39 is 5.60 Å². The standard InChI is InChI=1S/C16H18.C14H20O2/c1-3-6-14-9-11-15(12-10-14)16-8-5-4-7-13(16)2;1-14(15)9-7-12(8-10-14)11-3-5-13(16-2)6-4-11/h4-5,7-12H,3,6H2,1-2H3;3-6,12,15H,7-10H2,1-2H3. The van der Waals surface area contributed by atoms with Crippen LogP contribution in [0.3, 0.4) is 0 Å². The minimum absolute atomic E-state index is 0.441. The molecular weight excluding hydrogens is 392 g/mol. The van der Waals surface area contributed by atoms with E-state index in [2.05, 4.69) is 74.5 Å². The number of rotatable bonds is 5. The van der Waals surface area contributed by atoms with Gasteiger partial charge in [-0.2, -0.15) is 0 Å². The van der Waals surface area contributed by atoms with Gasteiger partial charge in [0.25, 0.3) is 0 Å². The summed E-state index contributed by atoms with van der Waals surface area (Å²) in [5.74, 6) is 1.51. The van der Waals surface area contributed by atoms with Crippen LogP contribution >= 0.6 is 0 Å². The molecule has 0 bridgehead atoms. The van der Waals surface area contributed by atoms with Crippen molar-refractivity contribution in [2.75, 3.05) is 7.11 Å². The van der Waals surface area contributed by atoms with E-state index in [1.807, 2.05) is 19.1 Å². The third kappa shape index (κ3) is 6.71. The number of hydrogen-bond donors (Lipinski definition) is 1. The van der Waals surface area contributed by atoms with Crippen LogP contribution in [0.15, 0.2) is 72.8 Å². The van der Waals surface area contributed by atoms with Gasteiger partial charge in [0.1, 0.15) is 5.75 Å². The number of aryl methyl sites for hydroxylation is 2. The predicted octanol–water partition coefficient (Wildman–Crippen LogP) is 7.72. The number of benzene rings is 3. The molecule has 4 rings (SSSR count). The second kappa shape index (κ2) is 11.3. The molecule has 0 atom stereocenters. The van der Waals surface area contributed by atoms with E-state index in [1.54, 1.807) is 7.11 Å². The SMILES string of the molecule is CCCc1ccc(-c2ccccc2C)cc1.COc1ccc(C2CCC(C)(O)CC2)cc1. The van der Waals surface area contributed by atoms with Gasteiger partial charge in [0, 0.05) is 0 Å². The summed E-state index contributed by atoms with van der Waals surface area (Å²) in [7, 11) is 1.69. The van der Waals surface area contributed by atoms with Crippen molar-refractivity contribution in [1.82, 2.24) is 0 Å². The fourth-order valence-corrected chi connectivity index (χ4v) is 4.49. The van der Waals surface area contributed by atoms with Crippen molar-refractivity contribution in [3.05, 3.63) is 89.5 Å². The van der Waals surface area contributed by atoms with Crippen LogP contribution in [0.4, 0.5) is 0 Å². The summed E-state index contributed by atoms with van der Waals surface area (Å²) in [6.07, 6.45) is 6.36. The first-order valence-electron chi connectivity index (χ1n) is 11.9. The summed E-state index contributed by atoms with van der Waals surface area (Å²) < 4.78 is 5.15. The quantitative estimate of drug-likeness (QED) is 0.449. The molecule has 0 aliphatic heterocycles. The highest BCUT2D eigenvalue weighted by atomic mass is 16.5. The van der Waals surface area contributed by atoms with Gasteiger partial charge < -0.3 is 9.84 Å². The zero-order chi connectivity index (χ0) is 23.0. The Labute approximate surface area is 194 Å². The largest absolute Gasteiger partial charge is 0.497 e. The van der Waals surface area contributed by atoms with Gasteiger partial charge in [-0.25, -0.2) is 0 Å². The molecule has 32 heavy (non-hydrogen) atoms. The molecule has 2 nitrogen and oxygen atoms in total. The smallest absolute Gasteiger partial charge is 0.118 e. The topological polar surface area (TPSA) is 29.5 Å². The Kier molecular flexibility index (Phi) is 8.53. The summed E-state index contributed by atoms with van der Waals surface area (Å²) in [5, 5.41) is 9.90. The molecule has 2 heteroatoms. The molecule has 0 unspecified atom stereocenters. The van der Waals surface area contributed by atoms with Gasteiger partial charge in [-0.3, -0.25) is 0 Å². The van der Waals surface area contributed by atoms with E-state index in [0.717, 1.165) is 31.4 Å². The second-order valence-electron chi connectivity index (χ2n) is 9.31. The van der Waals surface area contributed by atoms with Crippen molar-refractivity contribution >= 4 is 0 Å². The molecule has 0 heterocycles.